The van der Waals surface area contributed by atoms with Crippen LogP contribution in [0.25, 0.3) is 0 Å². The highest BCUT2D eigenvalue weighted by Crippen LogP contribution is 2.33. The SMILES string of the molecule is COc1ccc(NC(=O)CCSc2nnc(NC(=O)C3CC(=O)N(c4ccccc4OC)C3)s2)cc1. The summed E-state index contributed by atoms with van der Waals surface area (Å²) >= 11 is 2.61. The topological polar surface area (TPSA) is 123 Å². The van der Waals surface area contributed by atoms with Gasteiger partial charge in [0.1, 0.15) is 11.5 Å². The minimum atomic E-state index is -0.510. The first kappa shape index (κ1) is 25.5. The molecular formula is C24H25N5O5S2. The van der Waals surface area contributed by atoms with Gasteiger partial charge in [-0.1, -0.05) is 35.2 Å². The van der Waals surface area contributed by atoms with Crippen LogP contribution in [0.4, 0.5) is 16.5 Å². The Morgan fingerprint density at radius 3 is 2.61 bits per heavy atom. The zero-order valence-electron chi connectivity index (χ0n) is 19.7. The average molecular weight is 528 g/mol. The second-order valence-electron chi connectivity index (χ2n) is 7.81. The third-order valence-corrected chi connectivity index (χ3v) is 7.41. The molecule has 1 aliphatic rings. The molecule has 2 aromatic carbocycles. The Hall–Kier alpha value is -3.64. The molecule has 4 rings (SSSR count). The van der Waals surface area contributed by atoms with Crippen LogP contribution in [0.2, 0.25) is 0 Å². The molecule has 0 saturated carbocycles. The Morgan fingerprint density at radius 2 is 1.86 bits per heavy atom. The summed E-state index contributed by atoms with van der Waals surface area (Å²) in [4.78, 5) is 39.1. The maximum atomic E-state index is 12.8. The monoisotopic (exact) mass is 527 g/mol. The van der Waals surface area contributed by atoms with Crippen molar-refractivity contribution in [3.8, 4) is 11.5 Å². The summed E-state index contributed by atoms with van der Waals surface area (Å²) in [5.74, 6) is 0.760. The van der Waals surface area contributed by atoms with Gasteiger partial charge in [-0.15, -0.1) is 10.2 Å². The van der Waals surface area contributed by atoms with E-state index in [1.54, 1.807) is 55.5 Å². The summed E-state index contributed by atoms with van der Waals surface area (Å²) in [5.41, 5.74) is 1.34. The zero-order chi connectivity index (χ0) is 25.5. The molecule has 0 radical (unpaired) electrons. The fraction of sp³-hybridized carbons (Fsp3) is 0.292. The summed E-state index contributed by atoms with van der Waals surface area (Å²) in [6.45, 7) is 0.259. The molecule has 2 heterocycles. The lowest BCUT2D eigenvalue weighted by Gasteiger charge is -2.19. The number of anilines is 3. The van der Waals surface area contributed by atoms with Gasteiger partial charge in [0.05, 0.1) is 25.8 Å². The van der Waals surface area contributed by atoms with E-state index in [9.17, 15) is 14.4 Å². The van der Waals surface area contributed by atoms with E-state index < -0.39 is 5.92 Å². The number of rotatable bonds is 10. The van der Waals surface area contributed by atoms with Crippen molar-refractivity contribution in [2.75, 3.05) is 42.1 Å². The van der Waals surface area contributed by atoms with Crippen molar-refractivity contribution in [3.05, 3.63) is 48.5 Å². The number of amides is 3. The number of ether oxygens (including phenoxy) is 2. The van der Waals surface area contributed by atoms with Gasteiger partial charge in [-0.25, -0.2) is 0 Å². The van der Waals surface area contributed by atoms with E-state index in [1.807, 2.05) is 12.1 Å². The van der Waals surface area contributed by atoms with Gasteiger partial charge in [-0.3, -0.25) is 14.4 Å². The molecule has 10 nitrogen and oxygen atoms in total. The highest BCUT2D eigenvalue weighted by atomic mass is 32.2. The van der Waals surface area contributed by atoms with E-state index in [0.717, 1.165) is 5.75 Å². The van der Waals surface area contributed by atoms with Gasteiger partial charge in [-0.05, 0) is 36.4 Å². The van der Waals surface area contributed by atoms with Crippen molar-refractivity contribution in [1.29, 1.82) is 0 Å². The first-order valence-corrected chi connectivity index (χ1v) is 12.9. The number of thioether (sulfide) groups is 1. The van der Waals surface area contributed by atoms with Crippen molar-refractivity contribution in [2.24, 2.45) is 5.92 Å². The molecule has 1 saturated heterocycles. The van der Waals surface area contributed by atoms with Crippen molar-refractivity contribution in [1.82, 2.24) is 10.2 Å². The van der Waals surface area contributed by atoms with E-state index in [-0.39, 0.29) is 30.7 Å². The third-order valence-electron chi connectivity index (χ3n) is 5.44. The van der Waals surface area contributed by atoms with Crippen LogP contribution in [0.3, 0.4) is 0 Å². The molecule has 36 heavy (non-hydrogen) atoms. The molecule has 0 spiro atoms. The second-order valence-corrected chi connectivity index (χ2v) is 10.1. The Labute approximate surface area is 216 Å². The van der Waals surface area contributed by atoms with Crippen LogP contribution in [0, 0.1) is 5.92 Å². The lowest BCUT2D eigenvalue weighted by atomic mass is 10.1. The molecule has 1 unspecified atom stereocenters. The molecular weight excluding hydrogens is 502 g/mol. The number of nitrogens with zero attached hydrogens (tertiary/aromatic N) is 3. The third kappa shape index (κ3) is 6.32. The van der Waals surface area contributed by atoms with Gasteiger partial charge in [-0.2, -0.15) is 0 Å². The van der Waals surface area contributed by atoms with E-state index in [1.165, 1.54) is 23.1 Å². The first-order valence-electron chi connectivity index (χ1n) is 11.1. The normalized spacial score (nSPS) is 15.0. The average Bonchev–Trinajstić information content (AvgIpc) is 3.50. The Morgan fingerprint density at radius 1 is 1.08 bits per heavy atom. The number of hydrogen-bond acceptors (Lipinski definition) is 9. The molecule has 1 aromatic heterocycles. The van der Waals surface area contributed by atoms with Crippen LogP contribution in [0.1, 0.15) is 12.8 Å². The molecule has 1 aliphatic heterocycles. The number of hydrogen-bond donors (Lipinski definition) is 2. The summed E-state index contributed by atoms with van der Waals surface area (Å²) < 4.78 is 11.1. The molecule has 188 valence electrons. The summed E-state index contributed by atoms with van der Waals surface area (Å²) in [7, 11) is 3.13. The molecule has 12 heteroatoms. The first-order chi connectivity index (χ1) is 17.5. The van der Waals surface area contributed by atoms with Gasteiger partial charge in [0.25, 0.3) is 0 Å². The fourth-order valence-electron chi connectivity index (χ4n) is 3.62. The van der Waals surface area contributed by atoms with Crippen LogP contribution >= 0.6 is 23.1 Å². The molecule has 1 fully saturated rings. The molecule has 0 bridgehead atoms. The summed E-state index contributed by atoms with van der Waals surface area (Å²) in [6, 6.07) is 14.3. The smallest absolute Gasteiger partial charge is 0.231 e. The molecule has 3 amide bonds. The molecule has 1 atom stereocenters. The van der Waals surface area contributed by atoms with Crippen LogP contribution in [0.5, 0.6) is 11.5 Å². The van der Waals surface area contributed by atoms with Crippen molar-refractivity contribution >= 4 is 57.3 Å². The van der Waals surface area contributed by atoms with Crippen molar-refractivity contribution in [2.45, 2.75) is 17.2 Å². The number of methoxy groups -OCH3 is 2. The molecule has 0 aliphatic carbocycles. The van der Waals surface area contributed by atoms with E-state index >= 15 is 0 Å². The van der Waals surface area contributed by atoms with E-state index in [2.05, 4.69) is 20.8 Å². The predicted molar refractivity (Wildman–Crippen MR) is 139 cm³/mol. The summed E-state index contributed by atoms with van der Waals surface area (Å²) in [5, 5.41) is 14.0. The minimum Gasteiger partial charge on any atom is -0.497 e. The Kier molecular flexibility index (Phi) is 8.39. The number of carbonyl (C=O) groups excluding carboxylic acids is 3. The Balaban J connectivity index is 1.24. The number of benzene rings is 2. The van der Waals surface area contributed by atoms with Crippen LogP contribution in [-0.4, -0.2) is 54.4 Å². The highest BCUT2D eigenvalue weighted by molar-refractivity contribution is 8.01. The van der Waals surface area contributed by atoms with Gasteiger partial charge < -0.3 is 25.0 Å². The maximum absolute atomic E-state index is 12.8. The van der Waals surface area contributed by atoms with Crippen LogP contribution in [0.15, 0.2) is 52.9 Å². The number of carbonyl (C=O) groups is 3. The van der Waals surface area contributed by atoms with Gasteiger partial charge in [0, 0.05) is 30.8 Å². The predicted octanol–water partition coefficient (Wildman–Crippen LogP) is 3.67. The van der Waals surface area contributed by atoms with Crippen LogP contribution in [-0.2, 0) is 14.4 Å². The summed E-state index contributed by atoms with van der Waals surface area (Å²) in [6.07, 6.45) is 0.397. The van der Waals surface area contributed by atoms with Crippen LogP contribution < -0.4 is 25.0 Å². The Bertz CT molecular complexity index is 1230. The minimum absolute atomic E-state index is 0.105. The van der Waals surface area contributed by atoms with Crippen molar-refractivity contribution < 1.29 is 23.9 Å². The lowest BCUT2D eigenvalue weighted by Crippen LogP contribution is -2.28. The van der Waals surface area contributed by atoms with Crippen molar-refractivity contribution in [3.63, 3.8) is 0 Å². The molecule has 2 N–H and O–H groups in total. The molecule has 3 aromatic rings. The largest absolute Gasteiger partial charge is 0.497 e. The quantitative estimate of drug-likeness (QED) is 0.303. The van der Waals surface area contributed by atoms with Gasteiger partial charge in [0.15, 0.2) is 4.34 Å². The highest BCUT2D eigenvalue weighted by Gasteiger charge is 2.36. The zero-order valence-corrected chi connectivity index (χ0v) is 21.4. The lowest BCUT2D eigenvalue weighted by molar-refractivity contribution is -0.122. The number of nitrogens with one attached hydrogen (secondary N) is 2. The van der Waals surface area contributed by atoms with Gasteiger partial charge >= 0.3 is 0 Å². The number of para-hydroxylation sites is 2. The van der Waals surface area contributed by atoms with E-state index in [0.29, 0.717) is 38.8 Å². The standard InChI is InChI=1S/C24H25N5O5S2/c1-33-17-9-7-16(8-10-17)25-20(30)11-12-35-24-28-27-23(36-24)26-22(32)15-13-21(31)29(14-15)18-5-3-4-6-19(18)34-2/h3-10,15H,11-14H2,1-2H3,(H,25,30)(H,26,27,32). The van der Waals surface area contributed by atoms with Gasteiger partial charge in [0.2, 0.25) is 22.9 Å². The second kappa shape index (κ2) is 11.9. The maximum Gasteiger partial charge on any atom is 0.231 e. The van der Waals surface area contributed by atoms with E-state index in [4.69, 9.17) is 9.47 Å². The fourth-order valence-corrected chi connectivity index (χ4v) is 5.39. The number of aromatic nitrogens is 2.